The van der Waals surface area contributed by atoms with E-state index in [9.17, 15) is 13.2 Å². The van der Waals surface area contributed by atoms with E-state index in [4.69, 9.17) is 4.74 Å². The number of nitrogens with one attached hydrogen (secondary N) is 1. The minimum absolute atomic E-state index is 0.0864. The summed E-state index contributed by atoms with van der Waals surface area (Å²) in [4.78, 5) is 13.1. The lowest BCUT2D eigenvalue weighted by molar-refractivity contribution is -0.122. The quantitative estimate of drug-likeness (QED) is 0.395. The Labute approximate surface area is 209 Å². The molecule has 35 heavy (non-hydrogen) atoms. The standard InChI is InChI=1S/C28H34N2O4S/c1-4-34-27-18-17-26(19-22(27)2)35(32,33)30(20-25-13-9-6-10-14-25)21-28(31)29-23(3)15-16-24-11-7-5-8-12-24/h5-14,17-19,23H,4,15-16,20-21H2,1-3H3,(H,29,31)/t23-/m1/s1. The van der Waals surface area contributed by atoms with E-state index in [0.29, 0.717) is 12.4 Å². The summed E-state index contributed by atoms with van der Waals surface area (Å²) in [5.41, 5.74) is 2.74. The largest absolute Gasteiger partial charge is 0.494 e. The fourth-order valence-corrected chi connectivity index (χ4v) is 5.31. The number of hydrogen-bond donors (Lipinski definition) is 1. The van der Waals surface area contributed by atoms with Gasteiger partial charge in [0.25, 0.3) is 0 Å². The molecule has 0 fully saturated rings. The van der Waals surface area contributed by atoms with E-state index in [1.807, 2.05) is 69.3 Å². The molecular formula is C28H34N2O4S. The summed E-state index contributed by atoms with van der Waals surface area (Å²) < 4.78 is 34.0. The molecule has 0 aliphatic carbocycles. The third-order valence-electron chi connectivity index (χ3n) is 5.72. The zero-order valence-corrected chi connectivity index (χ0v) is 21.4. The third-order valence-corrected chi connectivity index (χ3v) is 7.51. The Morgan fingerprint density at radius 2 is 1.60 bits per heavy atom. The average molecular weight is 495 g/mol. The maximum atomic E-state index is 13.6. The topological polar surface area (TPSA) is 75.7 Å². The number of rotatable bonds is 12. The number of nitrogens with zero attached hydrogens (tertiary/aromatic N) is 1. The van der Waals surface area contributed by atoms with Gasteiger partial charge < -0.3 is 10.1 Å². The van der Waals surface area contributed by atoms with Crippen molar-refractivity contribution in [1.29, 1.82) is 0 Å². The lowest BCUT2D eigenvalue weighted by Gasteiger charge is -2.23. The van der Waals surface area contributed by atoms with E-state index < -0.39 is 10.0 Å². The molecule has 186 valence electrons. The van der Waals surface area contributed by atoms with Crippen molar-refractivity contribution in [3.8, 4) is 5.75 Å². The van der Waals surface area contributed by atoms with Crippen LogP contribution in [0.4, 0.5) is 0 Å². The van der Waals surface area contributed by atoms with Crippen LogP contribution in [-0.2, 0) is 27.8 Å². The minimum atomic E-state index is -3.92. The van der Waals surface area contributed by atoms with E-state index in [1.165, 1.54) is 15.9 Å². The van der Waals surface area contributed by atoms with Crippen LogP contribution in [0.5, 0.6) is 5.75 Å². The number of carbonyl (C=O) groups excluding carboxylic acids is 1. The molecule has 0 aromatic heterocycles. The second-order valence-electron chi connectivity index (χ2n) is 8.61. The summed E-state index contributed by atoms with van der Waals surface area (Å²) in [6, 6.07) is 24.1. The molecule has 0 unspecified atom stereocenters. The van der Waals surface area contributed by atoms with Crippen LogP contribution in [0.25, 0.3) is 0 Å². The lowest BCUT2D eigenvalue weighted by atomic mass is 10.1. The zero-order chi connectivity index (χ0) is 25.3. The molecule has 7 heteroatoms. The van der Waals surface area contributed by atoms with Crippen molar-refractivity contribution in [3.05, 3.63) is 95.6 Å². The molecule has 1 atom stereocenters. The summed E-state index contributed by atoms with van der Waals surface area (Å²) in [6.45, 7) is 5.96. The molecular weight excluding hydrogens is 460 g/mol. The molecule has 0 heterocycles. The fraction of sp³-hybridized carbons (Fsp3) is 0.321. The molecule has 6 nitrogen and oxygen atoms in total. The molecule has 3 aromatic rings. The molecule has 1 N–H and O–H groups in total. The van der Waals surface area contributed by atoms with Crippen molar-refractivity contribution < 1.29 is 17.9 Å². The van der Waals surface area contributed by atoms with Crippen molar-refractivity contribution in [2.45, 2.75) is 51.1 Å². The zero-order valence-electron chi connectivity index (χ0n) is 20.6. The Balaban J connectivity index is 1.75. The first-order valence-electron chi connectivity index (χ1n) is 11.9. The van der Waals surface area contributed by atoms with Crippen molar-refractivity contribution >= 4 is 15.9 Å². The van der Waals surface area contributed by atoms with Crippen molar-refractivity contribution in [2.75, 3.05) is 13.2 Å². The Morgan fingerprint density at radius 3 is 2.20 bits per heavy atom. The summed E-state index contributed by atoms with van der Waals surface area (Å²) in [6.07, 6.45) is 1.60. The predicted molar refractivity (Wildman–Crippen MR) is 139 cm³/mol. The van der Waals surface area contributed by atoms with Crippen LogP contribution < -0.4 is 10.1 Å². The highest BCUT2D eigenvalue weighted by atomic mass is 32.2. The molecule has 3 rings (SSSR count). The van der Waals surface area contributed by atoms with Crippen LogP contribution in [0, 0.1) is 6.92 Å². The van der Waals surface area contributed by atoms with E-state index in [1.54, 1.807) is 12.1 Å². The first kappa shape index (κ1) is 26.4. The van der Waals surface area contributed by atoms with Gasteiger partial charge >= 0.3 is 0 Å². The Hall–Kier alpha value is -3.16. The molecule has 0 aliphatic heterocycles. The van der Waals surface area contributed by atoms with Crippen molar-refractivity contribution in [2.24, 2.45) is 0 Å². The maximum Gasteiger partial charge on any atom is 0.243 e. The molecule has 0 spiro atoms. The summed E-state index contributed by atoms with van der Waals surface area (Å²) in [5, 5.41) is 2.96. The highest BCUT2D eigenvalue weighted by Gasteiger charge is 2.28. The molecule has 0 saturated carbocycles. The molecule has 3 aromatic carbocycles. The van der Waals surface area contributed by atoms with Crippen LogP contribution in [-0.4, -0.2) is 37.8 Å². The van der Waals surface area contributed by atoms with Gasteiger partial charge in [-0.3, -0.25) is 4.79 Å². The molecule has 0 radical (unpaired) electrons. The Kier molecular flexibility index (Phi) is 9.46. The fourth-order valence-electron chi connectivity index (χ4n) is 3.84. The van der Waals surface area contributed by atoms with E-state index in [-0.39, 0.29) is 29.9 Å². The predicted octanol–water partition coefficient (Wildman–Crippen LogP) is 4.72. The van der Waals surface area contributed by atoms with E-state index in [2.05, 4.69) is 17.4 Å². The van der Waals surface area contributed by atoms with Gasteiger partial charge in [0.05, 0.1) is 18.0 Å². The second-order valence-corrected chi connectivity index (χ2v) is 10.5. The number of carbonyl (C=O) groups is 1. The minimum Gasteiger partial charge on any atom is -0.494 e. The second kappa shape index (κ2) is 12.5. The Morgan fingerprint density at radius 1 is 0.971 bits per heavy atom. The van der Waals surface area contributed by atoms with E-state index >= 15 is 0 Å². The number of amides is 1. The Bertz CT molecular complexity index is 1200. The number of hydrogen-bond acceptors (Lipinski definition) is 4. The van der Waals surface area contributed by atoms with Gasteiger partial charge in [-0.1, -0.05) is 60.7 Å². The van der Waals surface area contributed by atoms with Gasteiger partial charge in [0.15, 0.2) is 0 Å². The van der Waals surface area contributed by atoms with Gasteiger partial charge in [0, 0.05) is 12.6 Å². The van der Waals surface area contributed by atoms with Gasteiger partial charge in [-0.05, 0) is 68.5 Å². The van der Waals surface area contributed by atoms with E-state index in [0.717, 1.165) is 24.0 Å². The normalized spacial score (nSPS) is 12.3. The summed E-state index contributed by atoms with van der Waals surface area (Å²) in [5.74, 6) is 0.318. The SMILES string of the molecule is CCOc1ccc(S(=O)(=O)N(CC(=O)N[C@H](C)CCc2ccccc2)Cc2ccccc2)cc1C. The third kappa shape index (κ3) is 7.67. The highest BCUT2D eigenvalue weighted by Crippen LogP contribution is 2.25. The van der Waals surface area contributed by atoms with Gasteiger partial charge in [-0.2, -0.15) is 4.31 Å². The monoisotopic (exact) mass is 494 g/mol. The van der Waals surface area contributed by atoms with Crippen LogP contribution in [0.3, 0.4) is 0 Å². The van der Waals surface area contributed by atoms with Crippen molar-refractivity contribution in [1.82, 2.24) is 9.62 Å². The van der Waals surface area contributed by atoms with Crippen LogP contribution in [0.15, 0.2) is 83.8 Å². The maximum absolute atomic E-state index is 13.6. The number of sulfonamides is 1. The molecule has 0 saturated heterocycles. The van der Waals surface area contributed by atoms with Crippen LogP contribution in [0.1, 0.15) is 37.0 Å². The van der Waals surface area contributed by atoms with Gasteiger partial charge in [0.2, 0.25) is 15.9 Å². The van der Waals surface area contributed by atoms with Crippen LogP contribution in [0.2, 0.25) is 0 Å². The number of ether oxygens (including phenoxy) is 1. The van der Waals surface area contributed by atoms with Gasteiger partial charge in [-0.15, -0.1) is 0 Å². The van der Waals surface area contributed by atoms with Crippen LogP contribution >= 0.6 is 0 Å². The number of aryl methyl sites for hydroxylation is 2. The first-order valence-corrected chi connectivity index (χ1v) is 13.3. The summed E-state index contributed by atoms with van der Waals surface area (Å²) in [7, 11) is -3.92. The van der Waals surface area contributed by atoms with Gasteiger partial charge in [0.1, 0.15) is 5.75 Å². The molecule has 0 aliphatic rings. The number of benzene rings is 3. The molecule has 1 amide bonds. The smallest absolute Gasteiger partial charge is 0.243 e. The van der Waals surface area contributed by atoms with Gasteiger partial charge in [-0.25, -0.2) is 8.42 Å². The summed E-state index contributed by atoms with van der Waals surface area (Å²) >= 11 is 0. The average Bonchev–Trinajstić information content (AvgIpc) is 2.85. The molecule has 0 bridgehead atoms. The van der Waals surface area contributed by atoms with Crippen molar-refractivity contribution in [3.63, 3.8) is 0 Å². The first-order chi connectivity index (χ1) is 16.8. The highest BCUT2D eigenvalue weighted by molar-refractivity contribution is 7.89. The lowest BCUT2D eigenvalue weighted by Crippen LogP contribution is -2.43.